The molecule has 0 amide bonds. The summed E-state index contributed by atoms with van der Waals surface area (Å²) >= 11 is 0. The van der Waals surface area contributed by atoms with E-state index >= 15 is 0 Å². The van der Waals surface area contributed by atoms with Crippen LogP contribution in [0, 0.1) is 11.3 Å². The van der Waals surface area contributed by atoms with Crippen LogP contribution in [0.5, 0.6) is 0 Å². The Morgan fingerprint density at radius 3 is 2.05 bits per heavy atom. The molecule has 0 radical (unpaired) electrons. The van der Waals surface area contributed by atoms with Crippen molar-refractivity contribution < 1.29 is 0 Å². The predicted molar refractivity (Wildman–Crippen MR) is 77.8 cm³/mol. The number of nitrogens with two attached hydrogens (primary N) is 1. The Bertz CT molecular complexity index is 482. The van der Waals surface area contributed by atoms with Gasteiger partial charge in [-0.3, -0.25) is 0 Å². The van der Waals surface area contributed by atoms with Gasteiger partial charge in [-0.25, -0.2) is 9.97 Å². The van der Waals surface area contributed by atoms with Crippen LogP contribution in [-0.2, 0) is 0 Å². The topological polar surface area (TPSA) is 85.5 Å². The molecule has 0 spiro atoms. The molecule has 6 heteroatoms. The summed E-state index contributed by atoms with van der Waals surface area (Å²) < 4.78 is 3.98. The zero-order valence-electron chi connectivity index (χ0n) is 12.1. The van der Waals surface area contributed by atoms with Gasteiger partial charge in [-0.1, -0.05) is 0 Å². The molecule has 0 aliphatic heterocycles. The lowest BCUT2D eigenvalue weighted by atomic mass is 10.2. The number of imidazole rings is 2. The lowest BCUT2D eigenvalue weighted by Crippen LogP contribution is -2.09. The van der Waals surface area contributed by atoms with E-state index < -0.39 is 0 Å². The number of nitrogens with zero attached hydrogens (tertiary/aromatic N) is 5. The van der Waals surface area contributed by atoms with E-state index in [1.165, 1.54) is 0 Å². The van der Waals surface area contributed by atoms with Crippen molar-refractivity contribution in [3.8, 4) is 6.07 Å². The van der Waals surface area contributed by atoms with Crippen LogP contribution in [-0.4, -0.2) is 25.6 Å². The van der Waals surface area contributed by atoms with Gasteiger partial charge in [0, 0.05) is 36.9 Å². The first kappa shape index (κ1) is 15.9. The molecule has 0 aromatic carbocycles. The summed E-state index contributed by atoms with van der Waals surface area (Å²) in [6.07, 6.45) is 12.4. The fourth-order valence-corrected chi connectivity index (χ4v) is 1.69. The second kappa shape index (κ2) is 8.88. The zero-order valence-corrected chi connectivity index (χ0v) is 12.1. The molecule has 2 atom stereocenters. The van der Waals surface area contributed by atoms with Crippen LogP contribution in [0.4, 0.5) is 0 Å². The molecule has 2 aromatic rings. The monoisotopic (exact) mass is 274 g/mol. The summed E-state index contributed by atoms with van der Waals surface area (Å²) in [6, 6.07) is 2.83. The molecule has 0 aliphatic rings. The first-order valence-electron chi connectivity index (χ1n) is 6.71. The van der Waals surface area contributed by atoms with Gasteiger partial charge < -0.3 is 14.9 Å². The van der Waals surface area contributed by atoms with Gasteiger partial charge in [-0.15, -0.1) is 0 Å². The molecule has 2 unspecified atom stereocenters. The molecule has 2 aromatic heterocycles. The molecular weight excluding hydrogens is 252 g/mol. The molecule has 0 saturated carbocycles. The Balaban J connectivity index is 0.000000200. The van der Waals surface area contributed by atoms with Gasteiger partial charge in [0.1, 0.15) is 0 Å². The van der Waals surface area contributed by atoms with Gasteiger partial charge in [0.15, 0.2) is 0 Å². The van der Waals surface area contributed by atoms with E-state index in [0.717, 1.165) is 13.0 Å². The molecule has 0 bridgehead atoms. The third-order valence-electron chi connectivity index (χ3n) is 3.04. The van der Waals surface area contributed by atoms with Gasteiger partial charge in [-0.2, -0.15) is 5.26 Å². The first-order valence-corrected chi connectivity index (χ1v) is 6.71. The fourth-order valence-electron chi connectivity index (χ4n) is 1.69. The van der Waals surface area contributed by atoms with Crippen LogP contribution in [0.1, 0.15) is 38.8 Å². The second-order valence-corrected chi connectivity index (χ2v) is 4.66. The van der Waals surface area contributed by atoms with Crippen molar-refractivity contribution in [3.05, 3.63) is 37.4 Å². The van der Waals surface area contributed by atoms with Crippen molar-refractivity contribution >= 4 is 0 Å². The standard InChI is InChI=1S/C7H13N3.C7H9N3/c2*1-7(2-3-8)10-5-4-9-6-10/h4-7H,2-3,8H2,1H3;4-7H,2H2,1H3. The van der Waals surface area contributed by atoms with Crippen molar-refractivity contribution in [3.63, 3.8) is 0 Å². The van der Waals surface area contributed by atoms with Crippen LogP contribution in [0.25, 0.3) is 0 Å². The minimum atomic E-state index is 0.243. The molecule has 0 aliphatic carbocycles. The van der Waals surface area contributed by atoms with Crippen molar-refractivity contribution in [2.75, 3.05) is 6.54 Å². The van der Waals surface area contributed by atoms with E-state index in [9.17, 15) is 0 Å². The quantitative estimate of drug-likeness (QED) is 0.905. The Hall–Kier alpha value is -2.13. The van der Waals surface area contributed by atoms with Gasteiger partial charge >= 0.3 is 0 Å². The number of nitriles is 1. The van der Waals surface area contributed by atoms with Gasteiger partial charge in [0.25, 0.3) is 0 Å². The van der Waals surface area contributed by atoms with Crippen LogP contribution in [0.2, 0.25) is 0 Å². The summed E-state index contributed by atoms with van der Waals surface area (Å²) in [4.78, 5) is 7.83. The largest absolute Gasteiger partial charge is 0.335 e. The normalized spacial score (nSPS) is 12.9. The highest BCUT2D eigenvalue weighted by Crippen LogP contribution is 2.07. The fraction of sp³-hybridized carbons (Fsp3) is 0.500. The van der Waals surface area contributed by atoms with E-state index in [4.69, 9.17) is 11.0 Å². The first-order chi connectivity index (χ1) is 9.69. The maximum Gasteiger partial charge on any atom is 0.0948 e. The Morgan fingerprint density at radius 2 is 1.65 bits per heavy atom. The van der Waals surface area contributed by atoms with Gasteiger partial charge in [0.2, 0.25) is 0 Å². The maximum atomic E-state index is 8.35. The average molecular weight is 274 g/mol. The maximum absolute atomic E-state index is 8.35. The van der Waals surface area contributed by atoms with Crippen LogP contribution >= 0.6 is 0 Å². The number of rotatable bonds is 5. The lowest BCUT2D eigenvalue weighted by Gasteiger charge is -2.10. The van der Waals surface area contributed by atoms with Crippen molar-refractivity contribution in [1.29, 1.82) is 5.26 Å². The van der Waals surface area contributed by atoms with Gasteiger partial charge in [-0.05, 0) is 26.8 Å². The Labute approximate surface area is 119 Å². The smallest absolute Gasteiger partial charge is 0.0948 e. The summed E-state index contributed by atoms with van der Waals surface area (Å²) in [5, 5.41) is 8.35. The number of hydrogen-bond acceptors (Lipinski definition) is 4. The average Bonchev–Trinajstić information content (AvgIpc) is 3.14. The van der Waals surface area contributed by atoms with Gasteiger partial charge in [0.05, 0.1) is 25.1 Å². The van der Waals surface area contributed by atoms with E-state index in [1.807, 2.05) is 30.2 Å². The Kier molecular flexibility index (Phi) is 7.07. The molecule has 0 fully saturated rings. The van der Waals surface area contributed by atoms with Crippen LogP contribution in [0.15, 0.2) is 37.4 Å². The highest BCUT2D eigenvalue weighted by atomic mass is 15.0. The highest BCUT2D eigenvalue weighted by Gasteiger charge is 2.00. The van der Waals surface area contributed by atoms with E-state index in [1.54, 1.807) is 18.7 Å². The van der Waals surface area contributed by atoms with Crippen molar-refractivity contribution in [2.45, 2.75) is 38.8 Å². The molecule has 2 N–H and O–H groups in total. The number of hydrogen-bond donors (Lipinski definition) is 1. The molecule has 0 saturated heterocycles. The minimum absolute atomic E-state index is 0.243. The third-order valence-corrected chi connectivity index (χ3v) is 3.04. The summed E-state index contributed by atoms with van der Waals surface area (Å²) in [7, 11) is 0. The van der Waals surface area contributed by atoms with Crippen molar-refractivity contribution in [2.24, 2.45) is 5.73 Å². The van der Waals surface area contributed by atoms with Crippen LogP contribution in [0.3, 0.4) is 0 Å². The summed E-state index contributed by atoms with van der Waals surface area (Å²) in [6.45, 7) is 4.86. The molecule has 20 heavy (non-hydrogen) atoms. The SMILES string of the molecule is CC(CC#N)n1ccnc1.CC(CCN)n1ccnc1. The lowest BCUT2D eigenvalue weighted by molar-refractivity contribution is 0.513. The zero-order chi connectivity index (χ0) is 14.8. The minimum Gasteiger partial charge on any atom is -0.335 e. The third kappa shape index (κ3) is 5.24. The predicted octanol–water partition coefficient (Wildman–Crippen LogP) is 2.15. The summed E-state index contributed by atoms with van der Waals surface area (Å²) in [5.41, 5.74) is 5.40. The Morgan fingerprint density at radius 1 is 1.10 bits per heavy atom. The molecule has 2 heterocycles. The molecule has 2 rings (SSSR count). The highest BCUT2D eigenvalue weighted by molar-refractivity contribution is 4.83. The van der Waals surface area contributed by atoms with E-state index in [0.29, 0.717) is 12.5 Å². The summed E-state index contributed by atoms with van der Waals surface area (Å²) in [5.74, 6) is 0. The second-order valence-electron chi connectivity index (χ2n) is 4.66. The van der Waals surface area contributed by atoms with E-state index in [2.05, 4.69) is 27.5 Å². The molecular formula is C14H22N6. The van der Waals surface area contributed by atoms with E-state index in [-0.39, 0.29) is 6.04 Å². The molecule has 108 valence electrons. The molecule has 6 nitrogen and oxygen atoms in total. The number of aromatic nitrogens is 4. The van der Waals surface area contributed by atoms with Crippen LogP contribution < -0.4 is 5.73 Å². The van der Waals surface area contributed by atoms with Crippen molar-refractivity contribution in [1.82, 2.24) is 19.1 Å².